The first kappa shape index (κ1) is 23.0. The molecule has 3 N–H and O–H groups in total. The number of nitrogens with zero attached hydrogens (tertiary/aromatic N) is 2. The van der Waals surface area contributed by atoms with Crippen LogP contribution in [-0.4, -0.2) is 68.0 Å². The lowest BCUT2D eigenvalue weighted by Gasteiger charge is -2.19. The molecule has 2 heterocycles. The second kappa shape index (κ2) is 9.21. The number of hydrogen-bond acceptors (Lipinski definition) is 6. The van der Waals surface area contributed by atoms with E-state index < -0.39 is 21.2 Å². The molecule has 0 radical (unpaired) electrons. The maximum atomic E-state index is 12.5. The lowest BCUT2D eigenvalue weighted by Crippen LogP contribution is -2.33. The lowest BCUT2D eigenvalue weighted by atomic mass is 9.98. The third-order valence-electron chi connectivity index (χ3n) is 5.46. The highest BCUT2D eigenvalue weighted by Gasteiger charge is 2.30. The summed E-state index contributed by atoms with van der Waals surface area (Å²) in [6.45, 7) is 4.77. The summed E-state index contributed by atoms with van der Waals surface area (Å²) in [5, 5.41) is 5.56. The smallest absolute Gasteiger partial charge is 0.273 e. The summed E-state index contributed by atoms with van der Waals surface area (Å²) < 4.78 is 32.6. The van der Waals surface area contributed by atoms with Crippen LogP contribution in [0, 0.1) is 0 Å². The average molecular weight is 448 g/mol. The maximum absolute atomic E-state index is 12.5. The molecule has 0 aliphatic rings. The van der Waals surface area contributed by atoms with Gasteiger partial charge in [-0.05, 0) is 52.3 Å². The Hall–Kier alpha value is -2.69. The summed E-state index contributed by atoms with van der Waals surface area (Å²) in [6, 6.07) is 9.25. The van der Waals surface area contributed by atoms with E-state index >= 15 is 0 Å². The number of hydrogen-bond donors (Lipinski definition) is 3. The van der Waals surface area contributed by atoms with Crippen molar-refractivity contribution in [3.8, 4) is 17.0 Å². The zero-order chi connectivity index (χ0) is 22.8. The first-order valence-corrected chi connectivity index (χ1v) is 11.6. The predicted molar refractivity (Wildman–Crippen MR) is 122 cm³/mol. The van der Waals surface area contributed by atoms with Crippen LogP contribution < -0.4 is 15.0 Å². The number of sulfonamides is 1. The normalized spacial score (nSPS) is 14.1. The van der Waals surface area contributed by atoms with Gasteiger partial charge in [0.15, 0.2) is 0 Å². The van der Waals surface area contributed by atoms with E-state index in [0.717, 1.165) is 17.7 Å². The van der Waals surface area contributed by atoms with Crippen molar-refractivity contribution in [2.45, 2.75) is 25.0 Å². The number of fused-ring (bicyclic) bond motifs is 1. The molecule has 0 saturated heterocycles. The molecule has 1 aromatic carbocycles. The minimum absolute atomic E-state index is 0.341. The number of H-pyrrole nitrogens is 2. The third-order valence-corrected chi connectivity index (χ3v) is 7.42. The number of nitrogens with one attached hydrogen (secondary N) is 3. The van der Waals surface area contributed by atoms with E-state index in [1.807, 2.05) is 43.3 Å². The maximum Gasteiger partial charge on any atom is 0.273 e. The van der Waals surface area contributed by atoms with Gasteiger partial charge in [0, 0.05) is 17.8 Å². The zero-order valence-electron chi connectivity index (χ0n) is 18.4. The molecule has 0 aliphatic carbocycles. The zero-order valence-corrected chi connectivity index (χ0v) is 19.2. The topological polar surface area (TPSA) is 120 Å². The molecule has 168 valence electrons. The molecule has 2 atom stereocenters. The van der Waals surface area contributed by atoms with E-state index in [1.165, 1.54) is 7.05 Å². The predicted octanol–water partition coefficient (Wildman–Crippen LogP) is 1.90. The molecule has 0 fully saturated rings. The first-order valence-electron chi connectivity index (χ1n) is 10.1. The van der Waals surface area contributed by atoms with Gasteiger partial charge in [-0.3, -0.25) is 9.89 Å². The van der Waals surface area contributed by atoms with Crippen LogP contribution in [0.15, 0.2) is 35.1 Å². The second-order valence-electron chi connectivity index (χ2n) is 7.81. The fourth-order valence-electron chi connectivity index (χ4n) is 3.34. The van der Waals surface area contributed by atoms with Gasteiger partial charge in [-0.15, -0.1) is 0 Å². The Morgan fingerprint density at radius 2 is 1.90 bits per heavy atom. The van der Waals surface area contributed by atoms with E-state index in [0.29, 0.717) is 29.1 Å². The molecule has 0 spiro atoms. The van der Waals surface area contributed by atoms with Crippen molar-refractivity contribution in [2.24, 2.45) is 0 Å². The molecule has 0 saturated carbocycles. The van der Waals surface area contributed by atoms with Crippen molar-refractivity contribution < 1.29 is 13.2 Å². The Morgan fingerprint density at radius 3 is 2.58 bits per heavy atom. The molecule has 3 rings (SSSR count). The Morgan fingerprint density at radius 1 is 1.16 bits per heavy atom. The molecule has 2 aromatic heterocycles. The fraction of sp³-hybridized carbons (Fsp3) is 0.429. The van der Waals surface area contributed by atoms with Crippen molar-refractivity contribution in [1.29, 1.82) is 0 Å². The molecule has 10 heteroatoms. The van der Waals surface area contributed by atoms with Gasteiger partial charge in [0.2, 0.25) is 10.0 Å². The number of ether oxygens (including phenoxy) is 1. The van der Waals surface area contributed by atoms with Crippen LogP contribution in [0.25, 0.3) is 22.2 Å². The van der Waals surface area contributed by atoms with Crippen LogP contribution in [0.2, 0.25) is 0 Å². The average Bonchev–Trinajstić information content (AvgIpc) is 3.13. The number of likely N-dealkylation sites (N-methyl/N-ethyl adjacent to an activating group) is 1. The highest BCUT2D eigenvalue weighted by atomic mass is 32.2. The number of pyridine rings is 1. The second-order valence-corrected chi connectivity index (χ2v) is 10.1. The van der Waals surface area contributed by atoms with Crippen LogP contribution >= 0.6 is 0 Å². The molecule has 0 bridgehead atoms. The number of aromatic nitrogens is 3. The van der Waals surface area contributed by atoms with Crippen LogP contribution in [0.1, 0.15) is 25.5 Å². The summed E-state index contributed by atoms with van der Waals surface area (Å²) >= 11 is 0. The van der Waals surface area contributed by atoms with Gasteiger partial charge in [-0.1, -0.05) is 13.0 Å². The first-order chi connectivity index (χ1) is 14.6. The largest absolute Gasteiger partial charge is 0.492 e. The summed E-state index contributed by atoms with van der Waals surface area (Å²) in [6.07, 6.45) is 0. The van der Waals surface area contributed by atoms with E-state index in [1.54, 1.807) is 19.9 Å². The minimum atomic E-state index is -3.51. The van der Waals surface area contributed by atoms with Crippen LogP contribution in [0.3, 0.4) is 0 Å². The van der Waals surface area contributed by atoms with Crippen LogP contribution in [0.5, 0.6) is 5.75 Å². The van der Waals surface area contributed by atoms with Crippen molar-refractivity contribution in [1.82, 2.24) is 24.8 Å². The molecule has 3 aromatic rings. The van der Waals surface area contributed by atoms with Gasteiger partial charge < -0.3 is 14.7 Å². The highest BCUT2D eigenvalue weighted by molar-refractivity contribution is 7.90. The van der Waals surface area contributed by atoms with Gasteiger partial charge in [0.05, 0.1) is 27.7 Å². The van der Waals surface area contributed by atoms with Crippen LogP contribution in [-0.2, 0) is 10.0 Å². The van der Waals surface area contributed by atoms with E-state index in [2.05, 4.69) is 19.9 Å². The minimum Gasteiger partial charge on any atom is -0.492 e. The van der Waals surface area contributed by atoms with E-state index in [9.17, 15) is 13.2 Å². The molecular formula is C21H29N5O4S. The van der Waals surface area contributed by atoms with Gasteiger partial charge in [0.1, 0.15) is 12.4 Å². The third kappa shape index (κ3) is 4.97. The monoisotopic (exact) mass is 447 g/mol. The lowest BCUT2D eigenvalue weighted by molar-refractivity contribution is 0.261. The molecular weight excluding hydrogens is 418 g/mol. The summed E-state index contributed by atoms with van der Waals surface area (Å²) in [4.78, 5) is 19.2. The van der Waals surface area contributed by atoms with Gasteiger partial charge >= 0.3 is 0 Å². The van der Waals surface area contributed by atoms with Gasteiger partial charge in [-0.25, -0.2) is 18.1 Å². The SMILES string of the molecule is CNS(=O)(=O)C(C)C(C)c1[nH][nH]c(=O)c1-c1ccc2cc(OCCN(C)C)ccc2n1. The standard InChI is InChI=1S/C21H29N5O4S/c1-13(14(2)31(28,29)22-3)20-19(21(27)25-24-20)18-8-6-15-12-16(7-9-17(15)23-18)30-11-10-26(4)5/h6-9,12-14,22H,10-11H2,1-5H3,(H2,24,25,27). The molecule has 0 aliphatic heterocycles. The summed E-state index contributed by atoms with van der Waals surface area (Å²) in [5.41, 5.74) is 1.71. The van der Waals surface area contributed by atoms with Crippen molar-refractivity contribution in [3.05, 3.63) is 46.4 Å². The van der Waals surface area contributed by atoms with Gasteiger partial charge in [-0.2, -0.15) is 0 Å². The van der Waals surface area contributed by atoms with Crippen molar-refractivity contribution >= 4 is 20.9 Å². The number of benzene rings is 1. The van der Waals surface area contributed by atoms with E-state index in [-0.39, 0.29) is 5.56 Å². The Kier molecular flexibility index (Phi) is 6.83. The fourth-order valence-corrected chi connectivity index (χ4v) is 4.38. The number of rotatable bonds is 9. The van der Waals surface area contributed by atoms with Crippen LogP contribution in [0.4, 0.5) is 0 Å². The quantitative estimate of drug-likeness (QED) is 0.461. The van der Waals surface area contributed by atoms with E-state index in [4.69, 9.17) is 4.74 Å². The highest BCUT2D eigenvalue weighted by Crippen LogP contribution is 2.30. The molecule has 0 amide bonds. The molecule has 31 heavy (non-hydrogen) atoms. The van der Waals surface area contributed by atoms with Gasteiger partial charge in [0.25, 0.3) is 5.56 Å². The molecule has 2 unspecified atom stereocenters. The Labute approximate surface area is 181 Å². The Bertz CT molecular complexity index is 1220. The Balaban J connectivity index is 1.94. The molecule has 9 nitrogen and oxygen atoms in total. The summed E-state index contributed by atoms with van der Waals surface area (Å²) in [7, 11) is 1.84. The summed E-state index contributed by atoms with van der Waals surface area (Å²) in [5.74, 6) is 0.292. The van der Waals surface area contributed by atoms with Crippen molar-refractivity contribution in [3.63, 3.8) is 0 Å². The number of aromatic amines is 2. The van der Waals surface area contributed by atoms with Crippen molar-refractivity contribution in [2.75, 3.05) is 34.3 Å².